The van der Waals surface area contributed by atoms with Crippen molar-refractivity contribution < 1.29 is 0 Å². The second kappa shape index (κ2) is 6.65. The third-order valence-corrected chi connectivity index (χ3v) is 7.44. The first-order chi connectivity index (χ1) is 13.1. The molecule has 4 aromatic rings. The fourth-order valence-corrected chi connectivity index (χ4v) is 5.95. The molecule has 4 aromatic heterocycles. The van der Waals surface area contributed by atoms with E-state index in [4.69, 9.17) is 16.6 Å². The van der Waals surface area contributed by atoms with E-state index in [1.165, 1.54) is 16.9 Å². The highest BCUT2D eigenvalue weighted by Gasteiger charge is 2.21. The largest absolute Gasteiger partial charge is 0.305 e. The number of aryl methyl sites for hydroxylation is 2. The van der Waals surface area contributed by atoms with Gasteiger partial charge in [-0.05, 0) is 43.4 Å². The molecule has 0 unspecified atom stereocenters. The van der Waals surface area contributed by atoms with Crippen molar-refractivity contribution in [1.29, 1.82) is 0 Å². The Morgan fingerprint density at radius 1 is 1.22 bits per heavy atom. The van der Waals surface area contributed by atoms with Gasteiger partial charge < -0.3 is 4.40 Å². The van der Waals surface area contributed by atoms with Crippen molar-refractivity contribution >= 4 is 50.6 Å². The number of thiophene rings is 1. The molecule has 0 N–H and O–H groups in total. The molecule has 27 heavy (non-hydrogen) atoms. The molecule has 5 nitrogen and oxygen atoms in total. The lowest BCUT2D eigenvalue weighted by Gasteiger charge is -2.10. The van der Waals surface area contributed by atoms with Gasteiger partial charge in [-0.1, -0.05) is 23.4 Å². The molecule has 0 atom stereocenters. The highest BCUT2D eigenvalue weighted by atomic mass is 35.5. The van der Waals surface area contributed by atoms with Gasteiger partial charge in [0, 0.05) is 30.1 Å². The van der Waals surface area contributed by atoms with Gasteiger partial charge in [0.15, 0.2) is 5.16 Å². The molecular formula is C19H17ClN4OS2. The van der Waals surface area contributed by atoms with Crippen LogP contribution in [0.4, 0.5) is 0 Å². The molecule has 8 heteroatoms. The van der Waals surface area contributed by atoms with Gasteiger partial charge in [0.05, 0.1) is 16.1 Å². The molecule has 0 saturated heterocycles. The number of hydrogen-bond acceptors (Lipinski definition) is 5. The second-order valence-corrected chi connectivity index (χ2v) is 9.25. The number of rotatable bonds is 3. The Balaban J connectivity index is 1.49. The summed E-state index contributed by atoms with van der Waals surface area (Å²) in [5, 5.41) is 2.25. The molecule has 0 amide bonds. The van der Waals surface area contributed by atoms with Gasteiger partial charge in [-0.25, -0.2) is 9.97 Å². The Morgan fingerprint density at radius 2 is 2.07 bits per heavy atom. The lowest BCUT2D eigenvalue weighted by Crippen LogP contribution is -2.20. The van der Waals surface area contributed by atoms with Gasteiger partial charge in [0.2, 0.25) is 0 Å². The van der Waals surface area contributed by atoms with Crippen molar-refractivity contribution in [1.82, 2.24) is 18.9 Å². The van der Waals surface area contributed by atoms with Crippen LogP contribution in [-0.4, -0.2) is 18.9 Å². The summed E-state index contributed by atoms with van der Waals surface area (Å²) < 4.78 is 3.60. The summed E-state index contributed by atoms with van der Waals surface area (Å²) in [6.45, 7) is 0. The lowest BCUT2D eigenvalue weighted by molar-refractivity contribution is 0.695. The summed E-state index contributed by atoms with van der Waals surface area (Å²) in [5.74, 6) is 0.649. The van der Waals surface area contributed by atoms with Crippen molar-refractivity contribution in [2.75, 3.05) is 0 Å². The fraction of sp³-hybridized carbons (Fsp3) is 0.316. The van der Waals surface area contributed by atoms with Crippen LogP contribution in [0.15, 0.2) is 34.5 Å². The molecule has 1 aliphatic rings. The van der Waals surface area contributed by atoms with Gasteiger partial charge in [-0.2, -0.15) is 0 Å². The minimum atomic E-state index is 0.0729. The molecule has 5 rings (SSSR count). The van der Waals surface area contributed by atoms with Crippen molar-refractivity contribution in [2.24, 2.45) is 7.05 Å². The number of nitrogens with zero attached hydrogens (tertiary/aromatic N) is 4. The second-order valence-electron chi connectivity index (χ2n) is 6.78. The SMILES string of the molecule is Cn1c(SCc2cn3cc(Cl)ccc3n2)nc2sc3c(c2c1=O)CCCC3. The van der Waals surface area contributed by atoms with Crippen LogP contribution in [0.25, 0.3) is 15.9 Å². The minimum Gasteiger partial charge on any atom is -0.305 e. The van der Waals surface area contributed by atoms with Crippen LogP contribution >= 0.6 is 34.7 Å². The quantitative estimate of drug-likeness (QED) is 0.365. The highest BCUT2D eigenvalue weighted by molar-refractivity contribution is 7.98. The van der Waals surface area contributed by atoms with Crippen molar-refractivity contribution in [2.45, 2.75) is 36.6 Å². The van der Waals surface area contributed by atoms with E-state index in [0.29, 0.717) is 10.8 Å². The summed E-state index contributed by atoms with van der Waals surface area (Å²) in [4.78, 5) is 24.6. The molecule has 0 spiro atoms. The zero-order valence-electron chi connectivity index (χ0n) is 14.7. The summed E-state index contributed by atoms with van der Waals surface area (Å²) in [6.07, 6.45) is 8.26. The van der Waals surface area contributed by atoms with E-state index in [1.54, 1.807) is 27.7 Å². The van der Waals surface area contributed by atoms with Gasteiger partial charge in [-0.3, -0.25) is 9.36 Å². The summed E-state index contributed by atoms with van der Waals surface area (Å²) >= 11 is 9.27. The van der Waals surface area contributed by atoms with Crippen LogP contribution in [-0.2, 0) is 25.6 Å². The molecular weight excluding hydrogens is 400 g/mol. The number of fused-ring (bicyclic) bond motifs is 4. The van der Waals surface area contributed by atoms with Crippen LogP contribution < -0.4 is 5.56 Å². The predicted octanol–water partition coefficient (Wildman–Crippen LogP) is 4.47. The average molecular weight is 417 g/mol. The van der Waals surface area contributed by atoms with Crippen LogP contribution in [0.5, 0.6) is 0 Å². The molecule has 1 aliphatic carbocycles. The highest BCUT2D eigenvalue weighted by Crippen LogP contribution is 2.34. The maximum absolute atomic E-state index is 13.0. The van der Waals surface area contributed by atoms with E-state index in [-0.39, 0.29) is 5.56 Å². The molecule has 0 saturated carbocycles. The zero-order valence-corrected chi connectivity index (χ0v) is 17.1. The minimum absolute atomic E-state index is 0.0729. The van der Waals surface area contributed by atoms with Crippen molar-refractivity contribution in [3.05, 3.63) is 56.0 Å². The molecule has 0 fully saturated rings. The Kier molecular flexibility index (Phi) is 4.26. The number of thioether (sulfide) groups is 1. The van der Waals surface area contributed by atoms with Crippen LogP contribution in [0.2, 0.25) is 5.02 Å². The maximum Gasteiger partial charge on any atom is 0.262 e. The third kappa shape index (κ3) is 2.98. The lowest BCUT2D eigenvalue weighted by atomic mass is 9.97. The normalized spacial score (nSPS) is 14.1. The summed E-state index contributed by atoms with van der Waals surface area (Å²) in [5.41, 5.74) is 3.10. The van der Waals surface area contributed by atoms with Gasteiger partial charge in [0.1, 0.15) is 10.5 Å². The molecule has 4 heterocycles. The van der Waals surface area contributed by atoms with Gasteiger partial charge in [0.25, 0.3) is 5.56 Å². The number of hydrogen-bond donors (Lipinski definition) is 0. The standard InChI is InChI=1S/C19H17ClN4OS2/c1-23-18(25)16-13-4-2-3-5-14(13)27-17(16)22-19(23)26-10-12-9-24-8-11(20)6-7-15(24)21-12/h6-9H,2-5,10H2,1H3. The molecule has 0 bridgehead atoms. The molecule has 0 radical (unpaired) electrons. The Hall–Kier alpha value is -1.83. The van der Waals surface area contributed by atoms with Crippen LogP contribution in [0.3, 0.4) is 0 Å². The van der Waals surface area contributed by atoms with Gasteiger partial charge >= 0.3 is 0 Å². The van der Waals surface area contributed by atoms with E-state index in [2.05, 4.69) is 4.98 Å². The number of pyridine rings is 1. The summed E-state index contributed by atoms with van der Waals surface area (Å²) in [7, 11) is 1.81. The Morgan fingerprint density at radius 3 is 2.96 bits per heavy atom. The van der Waals surface area contributed by atoms with E-state index in [9.17, 15) is 4.79 Å². The van der Waals surface area contributed by atoms with E-state index in [1.807, 2.05) is 36.0 Å². The van der Waals surface area contributed by atoms with E-state index in [0.717, 1.165) is 46.0 Å². The third-order valence-electron chi connectivity index (χ3n) is 4.97. The maximum atomic E-state index is 13.0. The van der Waals surface area contributed by atoms with Crippen molar-refractivity contribution in [3.63, 3.8) is 0 Å². The number of imidazole rings is 1. The first-order valence-electron chi connectivity index (χ1n) is 8.87. The van der Waals surface area contributed by atoms with Crippen molar-refractivity contribution in [3.8, 4) is 0 Å². The fourth-order valence-electron chi connectivity index (χ4n) is 3.62. The summed E-state index contributed by atoms with van der Waals surface area (Å²) in [6, 6.07) is 3.73. The molecule has 0 aromatic carbocycles. The molecule has 0 aliphatic heterocycles. The number of halogens is 1. The topological polar surface area (TPSA) is 52.2 Å². The first-order valence-corrected chi connectivity index (χ1v) is 11.1. The monoisotopic (exact) mass is 416 g/mol. The Labute approximate surface area is 169 Å². The predicted molar refractivity (Wildman–Crippen MR) is 111 cm³/mol. The average Bonchev–Trinajstić information content (AvgIpc) is 3.23. The van der Waals surface area contributed by atoms with E-state index >= 15 is 0 Å². The zero-order chi connectivity index (χ0) is 18.5. The van der Waals surface area contributed by atoms with Crippen LogP contribution in [0.1, 0.15) is 29.0 Å². The smallest absolute Gasteiger partial charge is 0.262 e. The number of aromatic nitrogens is 4. The molecule has 138 valence electrons. The van der Waals surface area contributed by atoms with Crippen LogP contribution in [0, 0.1) is 0 Å². The first kappa shape index (κ1) is 17.3. The van der Waals surface area contributed by atoms with Gasteiger partial charge in [-0.15, -0.1) is 11.3 Å². The Bertz CT molecular complexity index is 1240. The van der Waals surface area contributed by atoms with E-state index < -0.39 is 0 Å².